The van der Waals surface area contributed by atoms with Crippen LogP contribution in [0, 0.1) is 6.92 Å². The second-order valence-electron chi connectivity index (χ2n) is 3.14. The molecule has 0 amide bonds. The lowest BCUT2D eigenvalue weighted by Gasteiger charge is -1.97. The second kappa shape index (κ2) is 4.52. The van der Waals surface area contributed by atoms with E-state index in [1.807, 2.05) is 31.2 Å². The summed E-state index contributed by atoms with van der Waals surface area (Å²) in [5.41, 5.74) is 1.97. The van der Waals surface area contributed by atoms with Crippen molar-refractivity contribution >= 4 is 34.5 Å². The lowest BCUT2D eigenvalue weighted by atomic mass is 10.2. The van der Waals surface area contributed by atoms with Gasteiger partial charge >= 0.3 is 0 Å². The number of aromatic nitrogens is 1. The van der Waals surface area contributed by atoms with Gasteiger partial charge in [0.2, 0.25) is 0 Å². The minimum absolute atomic E-state index is 0.508. The first-order chi connectivity index (χ1) is 7.22. The normalized spacial score (nSPS) is 10.6. The number of hydrogen-bond acceptors (Lipinski definition) is 2. The fraction of sp³-hybridized carbons (Fsp3) is 0.182. The molecule has 1 nitrogen and oxygen atoms in total. The molecule has 78 valence electrons. The van der Waals surface area contributed by atoms with E-state index in [1.165, 1.54) is 0 Å². The van der Waals surface area contributed by atoms with E-state index in [0.29, 0.717) is 5.88 Å². The van der Waals surface area contributed by atoms with Crippen LogP contribution in [0.3, 0.4) is 0 Å². The molecular formula is C11H9Cl2NS. The first-order valence-corrected chi connectivity index (χ1v) is 6.22. The van der Waals surface area contributed by atoms with E-state index in [0.717, 1.165) is 26.2 Å². The van der Waals surface area contributed by atoms with Crippen LogP contribution in [-0.4, -0.2) is 4.98 Å². The van der Waals surface area contributed by atoms with Gasteiger partial charge in [-0.05, 0) is 13.0 Å². The van der Waals surface area contributed by atoms with E-state index in [-0.39, 0.29) is 0 Å². The molecule has 0 atom stereocenters. The largest absolute Gasteiger partial charge is 0.241 e. The number of benzene rings is 1. The fourth-order valence-corrected chi connectivity index (χ4v) is 2.89. The zero-order valence-corrected chi connectivity index (χ0v) is 10.5. The van der Waals surface area contributed by atoms with Crippen LogP contribution in [0.1, 0.15) is 10.6 Å². The summed E-state index contributed by atoms with van der Waals surface area (Å²) in [7, 11) is 0. The van der Waals surface area contributed by atoms with Gasteiger partial charge < -0.3 is 0 Å². The van der Waals surface area contributed by atoms with Crippen molar-refractivity contribution in [3.8, 4) is 10.6 Å². The summed E-state index contributed by atoms with van der Waals surface area (Å²) in [6.07, 6.45) is 0. The van der Waals surface area contributed by atoms with Gasteiger partial charge in [-0.1, -0.05) is 29.8 Å². The Morgan fingerprint density at radius 2 is 2.07 bits per heavy atom. The average Bonchev–Trinajstić information content (AvgIpc) is 2.60. The van der Waals surface area contributed by atoms with Crippen LogP contribution in [0.4, 0.5) is 0 Å². The highest BCUT2D eigenvalue weighted by molar-refractivity contribution is 7.15. The number of hydrogen-bond donors (Lipinski definition) is 0. The van der Waals surface area contributed by atoms with Gasteiger partial charge in [0.1, 0.15) is 5.01 Å². The molecule has 0 saturated heterocycles. The fourth-order valence-electron chi connectivity index (χ4n) is 1.30. The van der Waals surface area contributed by atoms with Gasteiger partial charge in [0, 0.05) is 10.4 Å². The van der Waals surface area contributed by atoms with E-state index in [2.05, 4.69) is 4.98 Å². The van der Waals surface area contributed by atoms with E-state index in [4.69, 9.17) is 23.2 Å². The van der Waals surface area contributed by atoms with E-state index in [1.54, 1.807) is 11.3 Å². The van der Waals surface area contributed by atoms with Crippen molar-refractivity contribution in [2.24, 2.45) is 0 Å². The molecule has 0 radical (unpaired) electrons. The third kappa shape index (κ3) is 2.17. The van der Waals surface area contributed by atoms with Gasteiger partial charge in [-0.3, -0.25) is 0 Å². The van der Waals surface area contributed by atoms with Gasteiger partial charge in [0.15, 0.2) is 0 Å². The molecule has 1 aromatic carbocycles. The highest BCUT2D eigenvalue weighted by Gasteiger charge is 2.10. The minimum atomic E-state index is 0.508. The third-order valence-electron chi connectivity index (χ3n) is 2.12. The summed E-state index contributed by atoms with van der Waals surface area (Å²) < 4.78 is 0. The zero-order valence-electron chi connectivity index (χ0n) is 8.13. The molecule has 15 heavy (non-hydrogen) atoms. The Morgan fingerprint density at radius 1 is 1.33 bits per heavy atom. The second-order valence-corrected chi connectivity index (χ2v) is 4.90. The summed E-state index contributed by atoms with van der Waals surface area (Å²) in [4.78, 5) is 5.57. The predicted octanol–water partition coefficient (Wildman–Crippen LogP) is 4.51. The minimum Gasteiger partial charge on any atom is -0.241 e. The van der Waals surface area contributed by atoms with Crippen LogP contribution in [0.5, 0.6) is 0 Å². The van der Waals surface area contributed by atoms with Crippen LogP contribution >= 0.6 is 34.5 Å². The lowest BCUT2D eigenvalue weighted by molar-refractivity contribution is 1.22. The van der Waals surface area contributed by atoms with Crippen LogP contribution in [0.25, 0.3) is 10.6 Å². The smallest absolute Gasteiger partial charge is 0.125 e. The van der Waals surface area contributed by atoms with Crippen molar-refractivity contribution in [2.75, 3.05) is 0 Å². The molecule has 0 N–H and O–H groups in total. The predicted molar refractivity (Wildman–Crippen MR) is 66.9 cm³/mol. The third-order valence-corrected chi connectivity index (χ3v) is 4.06. The Bertz CT molecular complexity index is 479. The van der Waals surface area contributed by atoms with Crippen molar-refractivity contribution in [2.45, 2.75) is 12.8 Å². The first-order valence-electron chi connectivity index (χ1n) is 4.49. The molecule has 0 bridgehead atoms. The standard InChI is InChI=1S/C11H9Cl2NS/c1-7-10(6-12)15-11(14-7)8-4-2-3-5-9(8)13/h2-5H,6H2,1H3. The molecule has 0 saturated carbocycles. The quantitative estimate of drug-likeness (QED) is 0.722. The average molecular weight is 258 g/mol. The number of alkyl halides is 1. The van der Waals surface area contributed by atoms with Gasteiger partial charge in [0.05, 0.1) is 16.6 Å². The van der Waals surface area contributed by atoms with Gasteiger partial charge in [0.25, 0.3) is 0 Å². The van der Waals surface area contributed by atoms with Gasteiger partial charge in [-0.25, -0.2) is 4.98 Å². The number of aryl methyl sites for hydroxylation is 1. The van der Waals surface area contributed by atoms with Crippen molar-refractivity contribution in [3.05, 3.63) is 39.9 Å². The summed E-state index contributed by atoms with van der Waals surface area (Å²) in [6.45, 7) is 1.97. The summed E-state index contributed by atoms with van der Waals surface area (Å²) in [5.74, 6) is 0.508. The Kier molecular flexibility index (Phi) is 3.29. The number of rotatable bonds is 2. The number of halogens is 2. The molecule has 2 rings (SSSR count). The number of thiazole rings is 1. The molecule has 0 spiro atoms. The van der Waals surface area contributed by atoms with Crippen LogP contribution in [0.2, 0.25) is 5.02 Å². The van der Waals surface area contributed by atoms with Gasteiger partial charge in [-0.15, -0.1) is 22.9 Å². The Balaban J connectivity index is 2.50. The molecule has 0 fully saturated rings. The van der Waals surface area contributed by atoms with Crippen LogP contribution in [-0.2, 0) is 5.88 Å². The van der Waals surface area contributed by atoms with Crippen LogP contribution in [0.15, 0.2) is 24.3 Å². The molecule has 0 aliphatic heterocycles. The molecule has 4 heteroatoms. The topological polar surface area (TPSA) is 12.9 Å². The maximum absolute atomic E-state index is 6.10. The van der Waals surface area contributed by atoms with E-state index < -0.39 is 0 Å². The molecular weight excluding hydrogens is 249 g/mol. The van der Waals surface area contributed by atoms with Crippen molar-refractivity contribution in [3.63, 3.8) is 0 Å². The van der Waals surface area contributed by atoms with Gasteiger partial charge in [-0.2, -0.15) is 0 Å². The molecule has 1 aromatic heterocycles. The highest BCUT2D eigenvalue weighted by atomic mass is 35.5. The summed E-state index contributed by atoms with van der Waals surface area (Å²) >= 11 is 13.5. The molecule has 0 aliphatic carbocycles. The highest BCUT2D eigenvalue weighted by Crippen LogP contribution is 2.33. The van der Waals surface area contributed by atoms with Crippen molar-refractivity contribution in [1.29, 1.82) is 0 Å². The SMILES string of the molecule is Cc1nc(-c2ccccc2Cl)sc1CCl. The van der Waals surface area contributed by atoms with Crippen molar-refractivity contribution in [1.82, 2.24) is 4.98 Å². The molecule has 2 aromatic rings. The number of nitrogens with zero attached hydrogens (tertiary/aromatic N) is 1. The monoisotopic (exact) mass is 257 g/mol. The summed E-state index contributed by atoms with van der Waals surface area (Å²) in [6, 6.07) is 7.71. The Morgan fingerprint density at radius 3 is 2.67 bits per heavy atom. The Hall–Kier alpha value is -0.570. The molecule has 0 unspecified atom stereocenters. The maximum atomic E-state index is 6.10. The van der Waals surface area contributed by atoms with E-state index >= 15 is 0 Å². The maximum Gasteiger partial charge on any atom is 0.125 e. The lowest BCUT2D eigenvalue weighted by Crippen LogP contribution is -1.79. The molecule has 0 aliphatic rings. The van der Waals surface area contributed by atoms with Crippen molar-refractivity contribution < 1.29 is 0 Å². The summed E-state index contributed by atoms with van der Waals surface area (Å²) in [5, 5.41) is 1.67. The zero-order chi connectivity index (χ0) is 10.8. The van der Waals surface area contributed by atoms with E-state index in [9.17, 15) is 0 Å². The first kappa shape index (κ1) is 10.9. The Labute approximate surface area is 103 Å². The molecule has 1 heterocycles. The van der Waals surface area contributed by atoms with Crippen LogP contribution < -0.4 is 0 Å².